The summed E-state index contributed by atoms with van der Waals surface area (Å²) in [6.45, 7) is 2.99. The Morgan fingerprint density at radius 3 is 2.20 bits per heavy atom. The Balaban J connectivity index is 2.63. The van der Waals surface area contributed by atoms with E-state index < -0.39 is 17.3 Å². The van der Waals surface area contributed by atoms with Crippen molar-refractivity contribution in [3.05, 3.63) is 35.7 Å². The summed E-state index contributed by atoms with van der Waals surface area (Å²) in [4.78, 5) is 0. The Kier molecular flexibility index (Phi) is 3.33. The molecule has 0 saturated carbocycles. The highest BCUT2D eigenvalue weighted by molar-refractivity contribution is 5.61. The van der Waals surface area contributed by atoms with E-state index in [1.165, 1.54) is 43.7 Å². The normalized spacial score (nSPS) is 12.8. The van der Waals surface area contributed by atoms with E-state index in [4.69, 9.17) is 0 Å². The van der Waals surface area contributed by atoms with Crippen molar-refractivity contribution < 1.29 is 18.3 Å². The molecule has 1 aromatic heterocycles. The van der Waals surface area contributed by atoms with E-state index in [1.54, 1.807) is 0 Å². The zero-order valence-electron chi connectivity index (χ0n) is 11.2. The van der Waals surface area contributed by atoms with E-state index in [0.29, 0.717) is 0 Å². The first-order valence-electron chi connectivity index (χ1n) is 5.91. The average molecular weight is 285 g/mol. The van der Waals surface area contributed by atoms with E-state index in [9.17, 15) is 18.3 Å². The second kappa shape index (κ2) is 4.59. The van der Waals surface area contributed by atoms with Crippen LogP contribution >= 0.6 is 0 Å². The second-order valence-corrected chi connectivity index (χ2v) is 5.01. The van der Waals surface area contributed by atoms with Crippen LogP contribution in [0.5, 0.6) is 0 Å². The molecule has 0 amide bonds. The Hall–Kier alpha value is -1.89. The molecule has 108 valence electrons. The largest absolute Gasteiger partial charge is 0.417 e. The molecule has 0 aliphatic rings. The lowest BCUT2D eigenvalue weighted by Crippen LogP contribution is -2.21. The summed E-state index contributed by atoms with van der Waals surface area (Å²) in [7, 11) is 1.52. The number of nitrogens with zero attached hydrogens (tertiary/aromatic N) is 3. The molecule has 0 unspecified atom stereocenters. The van der Waals surface area contributed by atoms with Crippen LogP contribution in [0, 0.1) is 0 Å². The van der Waals surface area contributed by atoms with Crippen LogP contribution in [-0.4, -0.2) is 19.9 Å². The van der Waals surface area contributed by atoms with Gasteiger partial charge in [-0.05, 0) is 19.9 Å². The van der Waals surface area contributed by atoms with Crippen LogP contribution in [0.1, 0.15) is 25.2 Å². The fourth-order valence-corrected chi connectivity index (χ4v) is 2.02. The van der Waals surface area contributed by atoms with Gasteiger partial charge in [0.2, 0.25) is 0 Å². The maximum absolute atomic E-state index is 13.0. The van der Waals surface area contributed by atoms with Crippen LogP contribution in [0.4, 0.5) is 13.2 Å². The molecule has 0 aliphatic heterocycles. The van der Waals surface area contributed by atoms with Crippen LogP contribution in [0.2, 0.25) is 0 Å². The number of aliphatic hydroxyl groups is 1. The van der Waals surface area contributed by atoms with Gasteiger partial charge in [-0.1, -0.05) is 18.2 Å². The van der Waals surface area contributed by atoms with Gasteiger partial charge in [0.15, 0.2) is 11.6 Å². The smallest absolute Gasteiger partial charge is 0.382 e. The predicted octanol–water partition coefficient (Wildman–Crippen LogP) is 2.73. The number of halogens is 3. The lowest BCUT2D eigenvalue weighted by atomic mass is 10.1. The Morgan fingerprint density at radius 2 is 1.70 bits per heavy atom. The first kappa shape index (κ1) is 14.5. The van der Waals surface area contributed by atoms with Gasteiger partial charge in [-0.3, -0.25) is 0 Å². The van der Waals surface area contributed by atoms with E-state index in [-0.39, 0.29) is 17.2 Å². The number of alkyl halides is 3. The molecule has 1 N–H and O–H groups in total. The molecule has 0 fully saturated rings. The van der Waals surface area contributed by atoms with Crippen molar-refractivity contribution in [3.63, 3.8) is 0 Å². The summed E-state index contributed by atoms with van der Waals surface area (Å²) in [5, 5.41) is 17.5. The molecule has 0 bridgehead atoms. The maximum Gasteiger partial charge on any atom is 0.417 e. The summed E-state index contributed by atoms with van der Waals surface area (Å²) >= 11 is 0. The predicted molar refractivity (Wildman–Crippen MR) is 66.7 cm³/mol. The molecular weight excluding hydrogens is 271 g/mol. The van der Waals surface area contributed by atoms with Crippen molar-refractivity contribution in [2.45, 2.75) is 25.6 Å². The van der Waals surface area contributed by atoms with Gasteiger partial charge in [-0.15, -0.1) is 10.2 Å². The third kappa shape index (κ3) is 2.53. The highest BCUT2D eigenvalue weighted by Gasteiger charge is 2.35. The van der Waals surface area contributed by atoms with Gasteiger partial charge in [0, 0.05) is 12.6 Å². The van der Waals surface area contributed by atoms with Gasteiger partial charge in [0.05, 0.1) is 5.56 Å². The van der Waals surface area contributed by atoms with Crippen LogP contribution in [0.3, 0.4) is 0 Å². The standard InChI is InChI=1S/C13H14F3N3O/c1-12(2,20)11-18-17-10(19(11)3)8-6-4-5-7-9(8)13(14,15)16/h4-7,20H,1-3H3. The molecule has 1 heterocycles. The van der Waals surface area contributed by atoms with Crippen molar-refractivity contribution in [1.82, 2.24) is 14.8 Å². The first-order chi connectivity index (χ1) is 9.12. The summed E-state index contributed by atoms with van der Waals surface area (Å²) in [5.41, 5.74) is -2.13. The molecule has 7 heteroatoms. The van der Waals surface area contributed by atoms with Crippen LogP contribution < -0.4 is 0 Å². The lowest BCUT2D eigenvalue weighted by Gasteiger charge is -2.17. The third-order valence-corrected chi connectivity index (χ3v) is 2.90. The number of hydrogen-bond acceptors (Lipinski definition) is 3. The molecular formula is C13H14F3N3O. The second-order valence-electron chi connectivity index (χ2n) is 5.01. The number of benzene rings is 1. The fraction of sp³-hybridized carbons (Fsp3) is 0.385. The maximum atomic E-state index is 13.0. The van der Waals surface area contributed by atoms with Crippen molar-refractivity contribution in [2.75, 3.05) is 0 Å². The summed E-state index contributed by atoms with van der Waals surface area (Å²) in [6, 6.07) is 5.15. The molecule has 4 nitrogen and oxygen atoms in total. The van der Waals surface area contributed by atoms with Gasteiger partial charge in [0.25, 0.3) is 0 Å². The third-order valence-electron chi connectivity index (χ3n) is 2.90. The molecule has 0 saturated heterocycles. The highest BCUT2D eigenvalue weighted by atomic mass is 19.4. The van der Waals surface area contributed by atoms with Gasteiger partial charge in [0.1, 0.15) is 5.60 Å². The van der Waals surface area contributed by atoms with Crippen LogP contribution in [0.15, 0.2) is 24.3 Å². The SMILES string of the molecule is Cn1c(-c2ccccc2C(F)(F)F)nnc1C(C)(C)O. The Morgan fingerprint density at radius 1 is 1.10 bits per heavy atom. The number of aromatic nitrogens is 3. The summed E-state index contributed by atoms with van der Waals surface area (Å²) in [6.07, 6.45) is -4.47. The molecule has 0 aliphatic carbocycles. The molecule has 0 spiro atoms. The topological polar surface area (TPSA) is 50.9 Å². The fourth-order valence-electron chi connectivity index (χ4n) is 2.02. The zero-order valence-corrected chi connectivity index (χ0v) is 11.2. The molecule has 2 aromatic rings. The van der Waals surface area contributed by atoms with Crippen molar-refractivity contribution in [1.29, 1.82) is 0 Å². The van der Waals surface area contributed by atoms with E-state index >= 15 is 0 Å². The summed E-state index contributed by atoms with van der Waals surface area (Å²) < 4.78 is 40.4. The molecule has 1 aromatic carbocycles. The Labute approximate surface area is 113 Å². The van der Waals surface area contributed by atoms with Crippen molar-refractivity contribution in [2.24, 2.45) is 7.05 Å². The minimum Gasteiger partial charge on any atom is -0.382 e. The minimum atomic E-state index is -4.47. The summed E-state index contributed by atoms with van der Waals surface area (Å²) in [5.74, 6) is 0.263. The zero-order chi connectivity index (χ0) is 15.1. The van der Waals surface area contributed by atoms with Gasteiger partial charge in [-0.25, -0.2) is 0 Å². The van der Waals surface area contributed by atoms with Crippen molar-refractivity contribution in [3.8, 4) is 11.4 Å². The van der Waals surface area contributed by atoms with E-state index in [0.717, 1.165) is 6.07 Å². The van der Waals surface area contributed by atoms with Gasteiger partial charge < -0.3 is 9.67 Å². The molecule has 0 atom stereocenters. The van der Waals surface area contributed by atoms with Crippen LogP contribution in [0.25, 0.3) is 11.4 Å². The van der Waals surface area contributed by atoms with Gasteiger partial charge in [-0.2, -0.15) is 13.2 Å². The Bertz CT molecular complexity index is 627. The van der Waals surface area contributed by atoms with E-state index in [1.807, 2.05) is 0 Å². The van der Waals surface area contributed by atoms with Gasteiger partial charge >= 0.3 is 6.18 Å². The molecule has 0 radical (unpaired) electrons. The number of hydrogen-bond donors (Lipinski definition) is 1. The monoisotopic (exact) mass is 285 g/mol. The quantitative estimate of drug-likeness (QED) is 0.923. The lowest BCUT2D eigenvalue weighted by molar-refractivity contribution is -0.137. The van der Waals surface area contributed by atoms with E-state index in [2.05, 4.69) is 10.2 Å². The average Bonchev–Trinajstić information content (AvgIpc) is 2.69. The first-order valence-corrected chi connectivity index (χ1v) is 5.91. The molecule has 2 rings (SSSR count). The number of rotatable bonds is 2. The van der Waals surface area contributed by atoms with Crippen molar-refractivity contribution >= 4 is 0 Å². The van der Waals surface area contributed by atoms with Crippen LogP contribution in [-0.2, 0) is 18.8 Å². The minimum absolute atomic E-state index is 0.0644. The molecule has 20 heavy (non-hydrogen) atoms. The highest BCUT2D eigenvalue weighted by Crippen LogP contribution is 2.36.